The molecule has 1 fully saturated rings. The number of hydrogen-bond acceptors (Lipinski definition) is 4. The van der Waals surface area contributed by atoms with E-state index in [1.807, 2.05) is 12.1 Å². The van der Waals surface area contributed by atoms with Crippen LogP contribution >= 0.6 is 0 Å². The van der Waals surface area contributed by atoms with Gasteiger partial charge in [0, 0.05) is 19.1 Å². The summed E-state index contributed by atoms with van der Waals surface area (Å²) in [5, 5.41) is 2.80. The van der Waals surface area contributed by atoms with Gasteiger partial charge in [0.05, 0.1) is 19.3 Å². The largest absolute Gasteiger partial charge is 0.496 e. The second-order valence-electron chi connectivity index (χ2n) is 5.16. The molecular weight excluding hydrogens is 284 g/mol. The highest BCUT2D eigenvalue weighted by atomic mass is 16.5. The average Bonchev–Trinajstić information content (AvgIpc) is 2.54. The molecule has 0 spiro atoms. The number of benzene rings is 1. The van der Waals surface area contributed by atoms with E-state index in [1.165, 1.54) is 0 Å². The molecule has 120 valence electrons. The third-order valence-electron chi connectivity index (χ3n) is 3.64. The first-order chi connectivity index (χ1) is 10.7. The first-order valence-corrected chi connectivity index (χ1v) is 7.51. The highest BCUT2D eigenvalue weighted by Gasteiger charge is 2.27. The lowest BCUT2D eigenvalue weighted by Crippen LogP contribution is -2.49. The fraction of sp³-hybridized carbons (Fsp3) is 0.500. The maximum absolute atomic E-state index is 12.6. The summed E-state index contributed by atoms with van der Waals surface area (Å²) in [6, 6.07) is 7.09. The lowest BCUT2D eigenvalue weighted by Gasteiger charge is -2.33. The number of carbonyl (C=O) groups excluding carboxylic acids is 2. The summed E-state index contributed by atoms with van der Waals surface area (Å²) >= 11 is 0. The van der Waals surface area contributed by atoms with E-state index < -0.39 is 6.09 Å². The highest BCUT2D eigenvalue weighted by molar-refractivity contribution is 5.97. The van der Waals surface area contributed by atoms with Gasteiger partial charge in [0.2, 0.25) is 0 Å². The van der Waals surface area contributed by atoms with Crippen LogP contribution in [0.5, 0.6) is 5.75 Å². The SMILES string of the molecule is CCOC(=O)NC1CCCN(C(=O)c2ccccc2OC)C1. The molecule has 1 unspecified atom stereocenters. The number of ether oxygens (including phenoxy) is 2. The molecular formula is C16H22N2O4. The summed E-state index contributed by atoms with van der Waals surface area (Å²) in [7, 11) is 1.55. The van der Waals surface area contributed by atoms with Crippen LogP contribution in [0.25, 0.3) is 0 Å². The molecule has 2 amide bonds. The average molecular weight is 306 g/mol. The Morgan fingerprint density at radius 1 is 1.36 bits per heavy atom. The molecule has 0 saturated carbocycles. The van der Waals surface area contributed by atoms with Crippen molar-refractivity contribution in [2.45, 2.75) is 25.8 Å². The summed E-state index contributed by atoms with van der Waals surface area (Å²) in [4.78, 5) is 25.9. The fourth-order valence-electron chi connectivity index (χ4n) is 2.61. The molecule has 1 N–H and O–H groups in total. The molecule has 0 aliphatic carbocycles. The molecule has 1 saturated heterocycles. The van der Waals surface area contributed by atoms with E-state index in [1.54, 1.807) is 31.1 Å². The first kappa shape index (κ1) is 16.1. The van der Waals surface area contributed by atoms with Crippen LogP contribution < -0.4 is 10.1 Å². The van der Waals surface area contributed by atoms with Crippen LogP contribution in [0, 0.1) is 0 Å². The maximum Gasteiger partial charge on any atom is 0.407 e. The van der Waals surface area contributed by atoms with E-state index in [0.29, 0.717) is 31.0 Å². The topological polar surface area (TPSA) is 67.9 Å². The summed E-state index contributed by atoms with van der Waals surface area (Å²) in [6.45, 7) is 3.26. The number of alkyl carbamates (subject to hydrolysis) is 1. The Bertz CT molecular complexity index is 533. The Labute approximate surface area is 130 Å². The molecule has 0 radical (unpaired) electrons. The predicted molar refractivity (Wildman–Crippen MR) is 82.1 cm³/mol. The van der Waals surface area contributed by atoms with Gasteiger partial charge in [0.15, 0.2) is 0 Å². The zero-order chi connectivity index (χ0) is 15.9. The van der Waals surface area contributed by atoms with Gasteiger partial charge in [-0.3, -0.25) is 4.79 Å². The van der Waals surface area contributed by atoms with Gasteiger partial charge in [-0.15, -0.1) is 0 Å². The molecule has 2 rings (SSSR count). The van der Waals surface area contributed by atoms with Crippen molar-refractivity contribution < 1.29 is 19.1 Å². The quantitative estimate of drug-likeness (QED) is 0.924. The van der Waals surface area contributed by atoms with Crippen molar-refractivity contribution >= 4 is 12.0 Å². The van der Waals surface area contributed by atoms with Gasteiger partial charge < -0.3 is 19.7 Å². The van der Waals surface area contributed by atoms with Crippen molar-refractivity contribution in [3.8, 4) is 5.75 Å². The molecule has 6 nitrogen and oxygen atoms in total. The lowest BCUT2D eigenvalue weighted by atomic mass is 10.0. The van der Waals surface area contributed by atoms with Crippen LogP contribution in [-0.4, -0.2) is 49.7 Å². The van der Waals surface area contributed by atoms with Crippen molar-refractivity contribution in [1.82, 2.24) is 10.2 Å². The second-order valence-corrected chi connectivity index (χ2v) is 5.16. The molecule has 1 heterocycles. The molecule has 6 heteroatoms. The molecule has 1 aromatic rings. The minimum absolute atomic E-state index is 0.0761. The highest BCUT2D eigenvalue weighted by Crippen LogP contribution is 2.21. The fourth-order valence-corrected chi connectivity index (χ4v) is 2.61. The van der Waals surface area contributed by atoms with Crippen molar-refractivity contribution in [2.24, 2.45) is 0 Å². The maximum atomic E-state index is 12.6. The van der Waals surface area contributed by atoms with Gasteiger partial charge in [0.25, 0.3) is 5.91 Å². The molecule has 22 heavy (non-hydrogen) atoms. The number of likely N-dealkylation sites (tertiary alicyclic amines) is 1. The summed E-state index contributed by atoms with van der Waals surface area (Å²) in [5.74, 6) is 0.487. The Morgan fingerprint density at radius 2 is 2.14 bits per heavy atom. The van der Waals surface area contributed by atoms with E-state index >= 15 is 0 Å². The third-order valence-corrected chi connectivity index (χ3v) is 3.64. The number of carbonyl (C=O) groups is 2. The normalized spacial score (nSPS) is 17.7. The molecule has 0 aromatic heterocycles. The van der Waals surface area contributed by atoms with Gasteiger partial charge in [-0.2, -0.15) is 0 Å². The number of rotatable bonds is 4. The minimum Gasteiger partial charge on any atom is -0.496 e. The van der Waals surface area contributed by atoms with Gasteiger partial charge in [-0.25, -0.2) is 4.79 Å². The van der Waals surface area contributed by atoms with Crippen molar-refractivity contribution in [3.63, 3.8) is 0 Å². The van der Waals surface area contributed by atoms with E-state index in [4.69, 9.17) is 9.47 Å². The van der Waals surface area contributed by atoms with Crippen LogP contribution in [0.2, 0.25) is 0 Å². The zero-order valence-electron chi connectivity index (χ0n) is 13.0. The van der Waals surface area contributed by atoms with Crippen molar-refractivity contribution in [2.75, 3.05) is 26.8 Å². The third kappa shape index (κ3) is 3.90. The predicted octanol–water partition coefficient (Wildman–Crippen LogP) is 2.05. The first-order valence-electron chi connectivity index (χ1n) is 7.51. The molecule has 1 atom stereocenters. The van der Waals surface area contributed by atoms with Gasteiger partial charge in [-0.1, -0.05) is 12.1 Å². The zero-order valence-corrected chi connectivity index (χ0v) is 13.0. The standard InChI is InChI=1S/C16H22N2O4/c1-3-22-16(20)17-12-7-6-10-18(11-12)15(19)13-8-4-5-9-14(13)21-2/h4-5,8-9,12H,3,6-7,10-11H2,1-2H3,(H,17,20). The number of amides is 2. The Balaban J connectivity index is 2.02. The lowest BCUT2D eigenvalue weighted by molar-refractivity contribution is 0.0683. The second kappa shape index (κ2) is 7.68. The summed E-state index contributed by atoms with van der Waals surface area (Å²) < 4.78 is 10.1. The Morgan fingerprint density at radius 3 is 2.86 bits per heavy atom. The van der Waals surface area contributed by atoms with Gasteiger partial charge in [-0.05, 0) is 31.9 Å². The van der Waals surface area contributed by atoms with Crippen LogP contribution in [-0.2, 0) is 4.74 Å². The summed E-state index contributed by atoms with van der Waals surface area (Å²) in [6.07, 6.45) is 1.26. The number of piperidine rings is 1. The molecule has 1 aliphatic heterocycles. The smallest absolute Gasteiger partial charge is 0.407 e. The van der Waals surface area contributed by atoms with E-state index in [-0.39, 0.29) is 11.9 Å². The van der Waals surface area contributed by atoms with Crippen LogP contribution in [0.1, 0.15) is 30.1 Å². The van der Waals surface area contributed by atoms with Crippen LogP contribution in [0.4, 0.5) is 4.79 Å². The molecule has 1 aromatic carbocycles. The molecule has 1 aliphatic rings. The number of para-hydroxylation sites is 1. The number of methoxy groups -OCH3 is 1. The van der Waals surface area contributed by atoms with Crippen molar-refractivity contribution in [1.29, 1.82) is 0 Å². The van der Waals surface area contributed by atoms with E-state index in [0.717, 1.165) is 12.8 Å². The van der Waals surface area contributed by atoms with Crippen LogP contribution in [0.15, 0.2) is 24.3 Å². The van der Waals surface area contributed by atoms with Gasteiger partial charge in [0.1, 0.15) is 5.75 Å². The summed E-state index contributed by atoms with van der Waals surface area (Å²) in [5.41, 5.74) is 0.543. The monoisotopic (exact) mass is 306 g/mol. The van der Waals surface area contributed by atoms with Crippen LogP contribution in [0.3, 0.4) is 0 Å². The van der Waals surface area contributed by atoms with Crippen molar-refractivity contribution in [3.05, 3.63) is 29.8 Å². The van der Waals surface area contributed by atoms with Gasteiger partial charge >= 0.3 is 6.09 Å². The Kier molecular flexibility index (Phi) is 5.63. The number of nitrogens with one attached hydrogen (secondary N) is 1. The number of hydrogen-bond donors (Lipinski definition) is 1. The van der Waals surface area contributed by atoms with E-state index in [2.05, 4.69) is 5.32 Å². The molecule has 0 bridgehead atoms. The Hall–Kier alpha value is -2.24. The number of nitrogens with zero attached hydrogens (tertiary/aromatic N) is 1. The van der Waals surface area contributed by atoms with E-state index in [9.17, 15) is 9.59 Å². The minimum atomic E-state index is -0.431.